The number of hydrogen-bond acceptors (Lipinski definition) is 2. The molecule has 0 aliphatic rings. The Balaban J connectivity index is 2.26. The van der Waals surface area contributed by atoms with Crippen molar-refractivity contribution in [3.05, 3.63) is 35.9 Å². The SMILES string of the molecule is CCN(C)CCNC(=NC)NCc1ccccc1. The van der Waals surface area contributed by atoms with E-state index in [-0.39, 0.29) is 0 Å². The molecule has 1 rings (SSSR count). The van der Waals surface area contributed by atoms with Crippen molar-refractivity contribution in [2.24, 2.45) is 4.99 Å². The molecule has 0 bridgehead atoms. The zero-order valence-electron chi connectivity index (χ0n) is 11.6. The summed E-state index contributed by atoms with van der Waals surface area (Å²) in [6.45, 7) is 5.94. The predicted octanol–water partition coefficient (Wildman–Crippen LogP) is 1.30. The number of benzene rings is 1. The fraction of sp³-hybridized carbons (Fsp3) is 0.500. The summed E-state index contributed by atoms with van der Waals surface area (Å²) in [7, 11) is 3.91. The molecule has 0 saturated carbocycles. The smallest absolute Gasteiger partial charge is 0.191 e. The van der Waals surface area contributed by atoms with Crippen molar-refractivity contribution in [3.8, 4) is 0 Å². The molecule has 0 aromatic heterocycles. The Hall–Kier alpha value is -1.55. The van der Waals surface area contributed by atoms with E-state index in [2.05, 4.69) is 46.6 Å². The summed E-state index contributed by atoms with van der Waals surface area (Å²) in [6.07, 6.45) is 0. The Kier molecular flexibility index (Phi) is 6.87. The topological polar surface area (TPSA) is 39.7 Å². The first-order valence-electron chi connectivity index (χ1n) is 6.43. The summed E-state index contributed by atoms with van der Waals surface area (Å²) in [5, 5.41) is 6.60. The van der Waals surface area contributed by atoms with Gasteiger partial charge in [0.1, 0.15) is 0 Å². The van der Waals surface area contributed by atoms with E-state index in [4.69, 9.17) is 0 Å². The van der Waals surface area contributed by atoms with Gasteiger partial charge in [0.05, 0.1) is 0 Å². The highest BCUT2D eigenvalue weighted by atomic mass is 15.2. The van der Waals surface area contributed by atoms with Gasteiger partial charge in [-0.2, -0.15) is 0 Å². The van der Waals surface area contributed by atoms with Crippen LogP contribution < -0.4 is 10.6 Å². The number of nitrogens with zero attached hydrogens (tertiary/aromatic N) is 2. The van der Waals surface area contributed by atoms with Crippen LogP contribution in [0, 0.1) is 0 Å². The Morgan fingerprint density at radius 1 is 1.22 bits per heavy atom. The van der Waals surface area contributed by atoms with Crippen LogP contribution in [-0.4, -0.2) is 44.6 Å². The minimum atomic E-state index is 0.796. The zero-order chi connectivity index (χ0) is 13.2. The lowest BCUT2D eigenvalue weighted by atomic mass is 10.2. The molecule has 0 spiro atoms. The number of rotatable bonds is 6. The number of guanidine groups is 1. The Morgan fingerprint density at radius 3 is 2.56 bits per heavy atom. The standard InChI is InChI=1S/C14H24N4/c1-4-18(3)11-10-16-14(15-2)17-12-13-8-6-5-7-9-13/h5-9H,4,10-12H2,1-3H3,(H2,15,16,17). The van der Waals surface area contributed by atoms with Gasteiger partial charge in [0, 0.05) is 26.7 Å². The minimum Gasteiger partial charge on any atom is -0.355 e. The van der Waals surface area contributed by atoms with Crippen LogP contribution in [0.15, 0.2) is 35.3 Å². The monoisotopic (exact) mass is 248 g/mol. The van der Waals surface area contributed by atoms with Gasteiger partial charge in [-0.05, 0) is 19.2 Å². The van der Waals surface area contributed by atoms with Crippen LogP contribution in [0.5, 0.6) is 0 Å². The first-order chi connectivity index (χ1) is 8.76. The van der Waals surface area contributed by atoms with Gasteiger partial charge in [-0.25, -0.2) is 0 Å². The predicted molar refractivity (Wildman–Crippen MR) is 77.8 cm³/mol. The highest BCUT2D eigenvalue weighted by Crippen LogP contribution is 1.96. The van der Waals surface area contributed by atoms with Crippen LogP contribution in [0.4, 0.5) is 0 Å². The molecule has 0 aliphatic carbocycles. The number of nitrogens with one attached hydrogen (secondary N) is 2. The van der Waals surface area contributed by atoms with E-state index in [1.165, 1.54) is 5.56 Å². The molecule has 18 heavy (non-hydrogen) atoms. The Bertz CT molecular complexity index is 348. The van der Waals surface area contributed by atoms with Gasteiger partial charge in [-0.1, -0.05) is 37.3 Å². The second kappa shape index (κ2) is 8.53. The average Bonchev–Trinajstić information content (AvgIpc) is 2.43. The van der Waals surface area contributed by atoms with Crippen LogP contribution in [0.2, 0.25) is 0 Å². The lowest BCUT2D eigenvalue weighted by Crippen LogP contribution is -2.40. The lowest BCUT2D eigenvalue weighted by Gasteiger charge is -2.16. The normalized spacial score (nSPS) is 11.7. The second-order valence-corrected chi connectivity index (χ2v) is 4.23. The second-order valence-electron chi connectivity index (χ2n) is 4.23. The molecule has 2 N–H and O–H groups in total. The van der Waals surface area contributed by atoms with Crippen molar-refractivity contribution >= 4 is 5.96 Å². The van der Waals surface area contributed by atoms with Gasteiger partial charge in [-0.3, -0.25) is 4.99 Å². The van der Waals surface area contributed by atoms with Crippen molar-refractivity contribution in [2.45, 2.75) is 13.5 Å². The fourth-order valence-electron chi connectivity index (χ4n) is 1.53. The van der Waals surface area contributed by atoms with Crippen LogP contribution >= 0.6 is 0 Å². The molecule has 0 radical (unpaired) electrons. The van der Waals surface area contributed by atoms with E-state index in [0.717, 1.165) is 32.1 Å². The van der Waals surface area contributed by atoms with Crippen molar-refractivity contribution in [3.63, 3.8) is 0 Å². The third-order valence-electron chi connectivity index (χ3n) is 2.85. The van der Waals surface area contributed by atoms with Gasteiger partial charge < -0.3 is 15.5 Å². The van der Waals surface area contributed by atoms with Crippen molar-refractivity contribution < 1.29 is 0 Å². The summed E-state index contributed by atoms with van der Waals surface area (Å²) >= 11 is 0. The molecule has 0 fully saturated rings. The van der Waals surface area contributed by atoms with Crippen molar-refractivity contribution in [1.82, 2.24) is 15.5 Å². The van der Waals surface area contributed by atoms with E-state index in [0.29, 0.717) is 0 Å². The minimum absolute atomic E-state index is 0.796. The Labute approximate surface area is 110 Å². The van der Waals surface area contributed by atoms with E-state index in [9.17, 15) is 0 Å². The molecule has 100 valence electrons. The highest BCUT2D eigenvalue weighted by Gasteiger charge is 1.98. The molecule has 1 aromatic carbocycles. The molecule has 4 heteroatoms. The summed E-state index contributed by atoms with van der Waals surface area (Å²) in [5.74, 6) is 0.850. The van der Waals surface area contributed by atoms with Crippen LogP contribution in [0.25, 0.3) is 0 Å². The molecular formula is C14H24N4. The van der Waals surface area contributed by atoms with Gasteiger partial charge in [0.15, 0.2) is 5.96 Å². The van der Waals surface area contributed by atoms with E-state index >= 15 is 0 Å². The quantitative estimate of drug-likeness (QED) is 0.589. The Morgan fingerprint density at radius 2 is 1.94 bits per heavy atom. The lowest BCUT2D eigenvalue weighted by molar-refractivity contribution is 0.357. The van der Waals surface area contributed by atoms with E-state index < -0.39 is 0 Å². The molecular weight excluding hydrogens is 224 g/mol. The molecule has 0 amide bonds. The maximum Gasteiger partial charge on any atom is 0.191 e. The van der Waals surface area contributed by atoms with Gasteiger partial charge in [0.25, 0.3) is 0 Å². The van der Waals surface area contributed by atoms with Crippen molar-refractivity contribution in [1.29, 1.82) is 0 Å². The third-order valence-corrected chi connectivity index (χ3v) is 2.85. The van der Waals surface area contributed by atoms with Gasteiger partial charge >= 0.3 is 0 Å². The van der Waals surface area contributed by atoms with Crippen molar-refractivity contribution in [2.75, 3.05) is 33.7 Å². The molecule has 0 aliphatic heterocycles. The molecule has 0 heterocycles. The van der Waals surface area contributed by atoms with Crippen LogP contribution in [0.1, 0.15) is 12.5 Å². The number of aliphatic imine (C=N–C) groups is 1. The van der Waals surface area contributed by atoms with Gasteiger partial charge in [0.2, 0.25) is 0 Å². The molecule has 1 aromatic rings. The fourth-order valence-corrected chi connectivity index (χ4v) is 1.53. The average molecular weight is 248 g/mol. The van der Waals surface area contributed by atoms with E-state index in [1.807, 2.05) is 18.2 Å². The maximum atomic E-state index is 4.20. The first kappa shape index (κ1) is 14.5. The van der Waals surface area contributed by atoms with Crippen LogP contribution in [-0.2, 0) is 6.54 Å². The molecule has 0 unspecified atom stereocenters. The molecule has 0 saturated heterocycles. The molecule has 0 atom stereocenters. The van der Waals surface area contributed by atoms with Gasteiger partial charge in [-0.15, -0.1) is 0 Å². The largest absolute Gasteiger partial charge is 0.355 e. The van der Waals surface area contributed by atoms with E-state index in [1.54, 1.807) is 7.05 Å². The highest BCUT2D eigenvalue weighted by molar-refractivity contribution is 5.79. The zero-order valence-corrected chi connectivity index (χ0v) is 11.6. The summed E-state index contributed by atoms with van der Waals surface area (Å²) < 4.78 is 0. The summed E-state index contributed by atoms with van der Waals surface area (Å²) in [6, 6.07) is 10.3. The first-order valence-corrected chi connectivity index (χ1v) is 6.43. The molecule has 4 nitrogen and oxygen atoms in total. The third kappa shape index (κ3) is 5.68. The maximum absolute atomic E-state index is 4.20. The summed E-state index contributed by atoms with van der Waals surface area (Å²) in [4.78, 5) is 6.46. The number of likely N-dealkylation sites (N-methyl/N-ethyl adjacent to an activating group) is 1. The number of hydrogen-bond donors (Lipinski definition) is 2. The van der Waals surface area contributed by atoms with Crippen LogP contribution in [0.3, 0.4) is 0 Å². The summed E-state index contributed by atoms with van der Waals surface area (Å²) in [5.41, 5.74) is 1.26.